The number of phenolic OH excluding ortho intramolecular Hbond substituents is 1. The summed E-state index contributed by atoms with van der Waals surface area (Å²) in [5, 5.41) is 31.9. The minimum atomic E-state index is -1.64. The van der Waals surface area contributed by atoms with E-state index in [4.69, 9.17) is 18.9 Å². The van der Waals surface area contributed by atoms with Gasteiger partial charge in [-0.15, -0.1) is 0 Å². The summed E-state index contributed by atoms with van der Waals surface area (Å²) in [6.45, 7) is 0. The third kappa shape index (κ3) is 1.43. The fraction of sp³-hybridized carbons (Fsp3) is 0.350. The summed E-state index contributed by atoms with van der Waals surface area (Å²) in [6.07, 6.45) is -3.73. The lowest BCUT2D eigenvalue weighted by atomic mass is 9.77. The van der Waals surface area contributed by atoms with Crippen LogP contribution in [0.4, 0.5) is 0 Å². The van der Waals surface area contributed by atoms with E-state index < -0.39 is 36.0 Å². The van der Waals surface area contributed by atoms with Crippen LogP contribution in [0.1, 0.15) is 39.6 Å². The number of phenols is 1. The molecule has 8 nitrogen and oxygen atoms in total. The molecule has 2 bridgehead atoms. The van der Waals surface area contributed by atoms with Crippen LogP contribution in [0.5, 0.6) is 17.2 Å². The van der Waals surface area contributed by atoms with E-state index in [9.17, 15) is 20.1 Å². The first-order valence-electron chi connectivity index (χ1n) is 9.09. The molecule has 28 heavy (non-hydrogen) atoms. The molecule has 0 saturated carbocycles. The number of hydrogen-bond donors (Lipinski definition) is 3. The van der Waals surface area contributed by atoms with Crippen LogP contribution >= 0.6 is 0 Å². The standard InChI is InChI=1S/C20H14O8/c21-8-4-5-11-15-13(8)16(24)17-18(25-17)20(15)27-10-3-1-2-7-9(22)6-12(23)19(26-11,28-20)14(7)10/h1-5,12,16-18,21,23-24H,6H2/t12-,16+,17-,18?,19-,20+/m1/s1. The number of carbonyl (C=O) groups is 1. The van der Waals surface area contributed by atoms with E-state index in [1.807, 2.05) is 0 Å². The van der Waals surface area contributed by atoms with Crippen molar-refractivity contribution in [2.24, 2.45) is 0 Å². The van der Waals surface area contributed by atoms with Crippen LogP contribution in [0.15, 0.2) is 30.3 Å². The normalized spacial score (nSPS) is 40.4. The van der Waals surface area contributed by atoms with E-state index in [-0.39, 0.29) is 23.5 Å². The van der Waals surface area contributed by atoms with Crippen molar-refractivity contribution >= 4 is 5.78 Å². The Bertz CT molecular complexity index is 1110. The highest BCUT2D eigenvalue weighted by atomic mass is 16.8. The number of ether oxygens (including phenoxy) is 4. The molecular weight excluding hydrogens is 368 g/mol. The number of ketones is 1. The van der Waals surface area contributed by atoms with Crippen LogP contribution < -0.4 is 9.47 Å². The first-order chi connectivity index (χ1) is 13.5. The van der Waals surface area contributed by atoms with Gasteiger partial charge in [-0.3, -0.25) is 9.53 Å². The molecule has 142 valence electrons. The van der Waals surface area contributed by atoms with Crippen molar-refractivity contribution in [3.8, 4) is 17.2 Å². The Morgan fingerprint density at radius 2 is 1.79 bits per heavy atom. The number of rotatable bonds is 0. The third-order valence-electron chi connectivity index (χ3n) is 6.36. The topological polar surface area (TPSA) is 118 Å². The van der Waals surface area contributed by atoms with Crippen LogP contribution in [0.3, 0.4) is 0 Å². The van der Waals surface area contributed by atoms with E-state index in [1.54, 1.807) is 24.3 Å². The Kier molecular flexibility index (Phi) is 2.37. The lowest BCUT2D eigenvalue weighted by Gasteiger charge is -2.55. The highest BCUT2D eigenvalue weighted by Crippen LogP contribution is 2.66. The maximum Gasteiger partial charge on any atom is 0.274 e. The second-order valence-corrected chi connectivity index (χ2v) is 7.80. The summed E-state index contributed by atoms with van der Waals surface area (Å²) < 4.78 is 24.5. The quantitative estimate of drug-likeness (QED) is 0.577. The van der Waals surface area contributed by atoms with Crippen LogP contribution in [-0.2, 0) is 21.0 Å². The molecule has 3 aliphatic heterocycles. The average Bonchev–Trinajstić information content (AvgIpc) is 3.48. The van der Waals surface area contributed by atoms with Gasteiger partial charge in [0.15, 0.2) is 11.9 Å². The van der Waals surface area contributed by atoms with Crippen molar-refractivity contribution in [3.63, 3.8) is 0 Å². The van der Waals surface area contributed by atoms with Crippen LogP contribution in [0.25, 0.3) is 0 Å². The molecule has 6 atom stereocenters. The summed E-state index contributed by atoms with van der Waals surface area (Å²) in [6, 6.07) is 7.99. The molecule has 5 aliphatic rings. The zero-order valence-electron chi connectivity index (χ0n) is 14.3. The zero-order chi connectivity index (χ0) is 19.0. The fourth-order valence-corrected chi connectivity index (χ4v) is 5.15. The molecule has 3 N–H and O–H groups in total. The van der Waals surface area contributed by atoms with Gasteiger partial charge in [-0.1, -0.05) is 12.1 Å². The van der Waals surface area contributed by atoms with Gasteiger partial charge >= 0.3 is 0 Å². The van der Waals surface area contributed by atoms with E-state index in [1.165, 1.54) is 6.07 Å². The van der Waals surface area contributed by atoms with Crippen molar-refractivity contribution < 1.29 is 39.1 Å². The van der Waals surface area contributed by atoms with Crippen LogP contribution in [0.2, 0.25) is 0 Å². The number of benzene rings is 2. The third-order valence-corrected chi connectivity index (χ3v) is 6.36. The van der Waals surface area contributed by atoms with Gasteiger partial charge in [0.1, 0.15) is 35.6 Å². The van der Waals surface area contributed by atoms with Gasteiger partial charge < -0.3 is 29.5 Å². The van der Waals surface area contributed by atoms with E-state index in [0.29, 0.717) is 28.2 Å². The first kappa shape index (κ1) is 15.3. The number of carbonyl (C=O) groups excluding carboxylic acids is 1. The number of aliphatic hydroxyl groups is 2. The minimum absolute atomic E-state index is 0.120. The SMILES string of the molecule is O=C1C[C@@H](O)[C@]23Oc4ccc(O)c5c4[C@](Oc4cccc1c42)(O3)C1O[C@@H]1[C@H]5O. The van der Waals surface area contributed by atoms with E-state index >= 15 is 0 Å². The summed E-state index contributed by atoms with van der Waals surface area (Å²) in [5.41, 5.74) is 1.31. The summed E-state index contributed by atoms with van der Waals surface area (Å²) in [7, 11) is 0. The van der Waals surface area contributed by atoms with Gasteiger partial charge in [0.05, 0.1) is 11.1 Å². The predicted molar refractivity (Wildman–Crippen MR) is 88.8 cm³/mol. The molecule has 2 aromatic rings. The molecule has 2 aliphatic carbocycles. The first-order valence-corrected chi connectivity index (χ1v) is 9.09. The second-order valence-electron chi connectivity index (χ2n) is 7.80. The highest BCUT2D eigenvalue weighted by Gasteiger charge is 2.75. The van der Waals surface area contributed by atoms with Gasteiger partial charge in [0.25, 0.3) is 11.6 Å². The van der Waals surface area contributed by atoms with Crippen molar-refractivity contribution in [1.29, 1.82) is 0 Å². The lowest BCUT2D eigenvalue weighted by Crippen LogP contribution is -2.65. The fourth-order valence-electron chi connectivity index (χ4n) is 5.15. The lowest BCUT2D eigenvalue weighted by molar-refractivity contribution is -0.389. The number of fused-ring (bicyclic) bond motifs is 1. The monoisotopic (exact) mass is 382 g/mol. The molecular formula is C20H14O8. The van der Waals surface area contributed by atoms with Gasteiger partial charge in [0, 0.05) is 17.5 Å². The number of aromatic hydroxyl groups is 1. The number of hydrogen-bond acceptors (Lipinski definition) is 8. The second kappa shape index (κ2) is 4.33. The minimum Gasteiger partial charge on any atom is -0.508 e. The van der Waals surface area contributed by atoms with Gasteiger partial charge in [-0.25, -0.2) is 0 Å². The van der Waals surface area contributed by atoms with Gasteiger partial charge in [-0.2, -0.15) is 0 Å². The molecule has 1 unspecified atom stereocenters. The van der Waals surface area contributed by atoms with Crippen LogP contribution in [0, 0.1) is 0 Å². The van der Waals surface area contributed by atoms with Crippen molar-refractivity contribution in [2.45, 2.75) is 42.4 Å². The number of Topliss-reactive ketones (excluding diaryl/α,β-unsaturated/α-hetero) is 1. The summed E-state index contributed by atoms with van der Waals surface area (Å²) in [4.78, 5) is 12.5. The zero-order valence-corrected chi connectivity index (χ0v) is 14.3. The van der Waals surface area contributed by atoms with Crippen molar-refractivity contribution in [3.05, 3.63) is 52.6 Å². The Balaban J connectivity index is 1.60. The highest BCUT2D eigenvalue weighted by molar-refractivity contribution is 6.00. The summed E-state index contributed by atoms with van der Waals surface area (Å²) >= 11 is 0. The Morgan fingerprint density at radius 3 is 2.64 bits per heavy atom. The van der Waals surface area contributed by atoms with Crippen LogP contribution in [-0.4, -0.2) is 39.4 Å². The number of epoxide rings is 1. The Hall–Kier alpha value is -2.65. The van der Waals surface area contributed by atoms with Gasteiger partial charge in [-0.05, 0) is 18.2 Å². The maximum absolute atomic E-state index is 12.5. The molecule has 0 amide bonds. The Morgan fingerprint density at radius 1 is 1.00 bits per heavy atom. The molecule has 1 saturated heterocycles. The summed E-state index contributed by atoms with van der Waals surface area (Å²) in [5.74, 6) is -2.83. The smallest absolute Gasteiger partial charge is 0.274 e. The molecule has 0 radical (unpaired) electrons. The average molecular weight is 382 g/mol. The molecule has 1 fully saturated rings. The predicted octanol–water partition coefficient (Wildman–Crippen LogP) is 0.961. The maximum atomic E-state index is 12.5. The molecule has 2 aromatic carbocycles. The van der Waals surface area contributed by atoms with Crippen molar-refractivity contribution in [2.75, 3.05) is 0 Å². The van der Waals surface area contributed by atoms with Gasteiger partial charge in [0.2, 0.25) is 0 Å². The van der Waals surface area contributed by atoms with E-state index in [2.05, 4.69) is 0 Å². The molecule has 0 aromatic heterocycles. The molecule has 8 heteroatoms. The molecule has 3 heterocycles. The molecule has 7 rings (SSSR count). The number of aliphatic hydroxyl groups excluding tert-OH is 2. The molecule has 2 spiro atoms. The Labute approximate surface area is 157 Å². The largest absolute Gasteiger partial charge is 0.508 e. The van der Waals surface area contributed by atoms with E-state index in [0.717, 1.165) is 0 Å². The van der Waals surface area contributed by atoms with Crippen molar-refractivity contribution in [1.82, 2.24) is 0 Å².